The molecule has 0 bridgehead atoms. The molecule has 1 N–H and O–H groups in total. The van der Waals surface area contributed by atoms with E-state index in [2.05, 4.69) is 17.3 Å². The second-order valence-corrected chi connectivity index (χ2v) is 8.33. The fourth-order valence-corrected chi connectivity index (χ4v) is 3.56. The van der Waals surface area contributed by atoms with E-state index in [0.29, 0.717) is 6.61 Å². The summed E-state index contributed by atoms with van der Waals surface area (Å²) in [6.45, 7) is 2.55. The van der Waals surface area contributed by atoms with Gasteiger partial charge in [-0.1, -0.05) is 23.6 Å². The van der Waals surface area contributed by atoms with Crippen molar-refractivity contribution in [1.29, 1.82) is 0 Å². The van der Waals surface area contributed by atoms with Gasteiger partial charge in [-0.05, 0) is 25.0 Å². The van der Waals surface area contributed by atoms with E-state index in [1.165, 1.54) is 16.9 Å². The van der Waals surface area contributed by atoms with Gasteiger partial charge in [-0.25, -0.2) is 0 Å². The van der Waals surface area contributed by atoms with Crippen LogP contribution in [-0.4, -0.2) is 18.4 Å². The summed E-state index contributed by atoms with van der Waals surface area (Å²) < 4.78 is 5.30. The zero-order valence-corrected chi connectivity index (χ0v) is 9.21. The largest absolute Gasteiger partial charge is 0.327 e. The lowest BCUT2D eigenvalue weighted by molar-refractivity contribution is 0.383. The Bertz CT molecular complexity index is 151. The Kier molecular flexibility index (Phi) is 5.96. The lowest BCUT2D eigenvalue weighted by Crippen LogP contribution is -2.05. The zero-order valence-electron chi connectivity index (χ0n) is 5.86. The molecule has 0 amide bonds. The van der Waals surface area contributed by atoms with Gasteiger partial charge < -0.3 is 9.61 Å². The average molecular weight is 215 g/mol. The molecule has 0 aliphatic heterocycles. The van der Waals surface area contributed by atoms with Gasteiger partial charge in [0, 0.05) is 0 Å². The van der Waals surface area contributed by atoms with Gasteiger partial charge in [0.15, 0.2) is 0 Å². The van der Waals surface area contributed by atoms with Crippen LogP contribution in [0.4, 0.5) is 0 Å². The summed E-state index contributed by atoms with van der Waals surface area (Å²) in [5.41, 5.74) is -0.436. The fraction of sp³-hybridized carbons (Fsp3) is 0.750. The van der Waals surface area contributed by atoms with Gasteiger partial charge in [-0.2, -0.15) is 0 Å². The Morgan fingerprint density at radius 3 is 2.70 bits per heavy atom. The van der Waals surface area contributed by atoms with Crippen molar-refractivity contribution in [2.45, 2.75) is 6.92 Å². The molecule has 0 fully saturated rings. The Morgan fingerprint density at radius 2 is 2.40 bits per heavy atom. The highest BCUT2D eigenvalue weighted by Gasteiger charge is 2.11. The van der Waals surface area contributed by atoms with E-state index >= 15 is 0 Å². The van der Waals surface area contributed by atoms with E-state index in [4.69, 9.17) is 16.3 Å². The summed E-state index contributed by atoms with van der Waals surface area (Å²) in [6, 6.07) is 0. The number of hydrogen-bond donors (Lipinski definition) is 1. The van der Waals surface area contributed by atoms with E-state index in [-0.39, 0.29) is 0 Å². The first kappa shape index (κ1) is 10.8. The van der Waals surface area contributed by atoms with Gasteiger partial charge >= 0.3 is 0 Å². The van der Waals surface area contributed by atoms with Crippen molar-refractivity contribution in [3.05, 3.63) is 0 Å². The molecule has 0 saturated carbocycles. The number of nitrogens with one attached hydrogen (secondary N) is 1. The monoisotopic (exact) mass is 215 g/mol. The van der Waals surface area contributed by atoms with E-state index in [1.807, 2.05) is 13.2 Å². The first-order valence-electron chi connectivity index (χ1n) is 2.70. The van der Waals surface area contributed by atoms with Crippen LogP contribution < -0.4 is 5.09 Å². The normalized spacial score (nSPS) is 15.8. The molecule has 0 aromatic carbocycles. The van der Waals surface area contributed by atoms with Crippen molar-refractivity contribution in [2.75, 3.05) is 12.9 Å². The van der Waals surface area contributed by atoms with Crippen molar-refractivity contribution in [1.82, 2.24) is 5.09 Å². The maximum atomic E-state index is 5.30. The minimum Gasteiger partial charge on any atom is -0.327 e. The molecule has 2 nitrogen and oxygen atoms in total. The quantitative estimate of drug-likeness (QED) is 0.559. The molecule has 0 aromatic heterocycles. The smallest absolute Gasteiger partial charge is 0.210 e. The molecule has 0 saturated heterocycles. The summed E-state index contributed by atoms with van der Waals surface area (Å²) >= 11 is 11.3. The average Bonchev–Trinajstić information content (AvgIpc) is 1.89. The lowest BCUT2D eigenvalue weighted by Gasteiger charge is -2.17. The second kappa shape index (κ2) is 5.49. The van der Waals surface area contributed by atoms with Gasteiger partial charge in [0.2, 0.25) is 5.62 Å². The summed E-state index contributed by atoms with van der Waals surface area (Å²) in [5, 5.41) is 2.87. The number of thiocarbonyl (C=S) groups is 1. The van der Waals surface area contributed by atoms with Gasteiger partial charge in [0.05, 0.1) is 12.1 Å². The van der Waals surface area contributed by atoms with Crippen LogP contribution in [0.1, 0.15) is 6.92 Å². The third-order valence-electron chi connectivity index (χ3n) is 0.750. The van der Waals surface area contributed by atoms with Crippen LogP contribution >= 0.6 is 29.2 Å². The topological polar surface area (TPSA) is 21.3 Å². The summed E-state index contributed by atoms with van der Waals surface area (Å²) in [5.74, 6) is 0. The summed E-state index contributed by atoms with van der Waals surface area (Å²) in [6.07, 6.45) is 1.92. The Hall–Kier alpha value is 0.850. The molecular weight excluding hydrogens is 205 g/mol. The van der Waals surface area contributed by atoms with Crippen LogP contribution in [0.25, 0.3) is 0 Å². The third-order valence-corrected chi connectivity index (χ3v) is 6.62. The Morgan fingerprint density at radius 1 is 1.80 bits per heavy atom. The van der Waals surface area contributed by atoms with Crippen LogP contribution in [0.5, 0.6) is 0 Å². The third kappa shape index (κ3) is 3.88. The SMILES string of the molecule is CCOP(=S)(NC=S)SC. The molecular formula is C4H10NOPS3. The van der Waals surface area contributed by atoms with Crippen molar-refractivity contribution < 1.29 is 4.52 Å². The first-order chi connectivity index (χ1) is 4.68. The standard InChI is InChI=1S/C4H10NOPS3/c1-3-6-7(9,10-2)5-4-8/h4H,3H2,1-2H3,(H,5,8,9). The predicted octanol–water partition coefficient (Wildman–Crippen LogP) is 2.16. The summed E-state index contributed by atoms with van der Waals surface area (Å²) in [7, 11) is 0. The fourth-order valence-electron chi connectivity index (χ4n) is 0.377. The summed E-state index contributed by atoms with van der Waals surface area (Å²) in [4.78, 5) is 0. The molecule has 6 heteroatoms. The lowest BCUT2D eigenvalue weighted by atomic mass is 10.9. The van der Waals surface area contributed by atoms with Crippen molar-refractivity contribution in [3.63, 3.8) is 0 Å². The number of hydrogen-bond acceptors (Lipinski definition) is 4. The van der Waals surface area contributed by atoms with Crippen molar-refractivity contribution >= 4 is 46.5 Å². The van der Waals surface area contributed by atoms with Crippen LogP contribution in [0.3, 0.4) is 0 Å². The van der Waals surface area contributed by atoms with Gasteiger partial charge in [0.25, 0.3) is 0 Å². The minimum atomic E-state index is -1.86. The van der Waals surface area contributed by atoms with Crippen LogP contribution in [0.15, 0.2) is 0 Å². The highest BCUT2D eigenvalue weighted by Crippen LogP contribution is 2.53. The molecule has 0 aromatic rings. The molecule has 0 heterocycles. The Labute approximate surface area is 76.0 Å². The molecule has 60 valence electrons. The van der Waals surface area contributed by atoms with E-state index in [1.54, 1.807) is 0 Å². The first-order valence-corrected chi connectivity index (χ1v) is 7.72. The molecule has 0 radical (unpaired) electrons. The predicted molar refractivity (Wildman–Crippen MR) is 56.2 cm³/mol. The van der Waals surface area contributed by atoms with Crippen LogP contribution in [0.2, 0.25) is 0 Å². The van der Waals surface area contributed by atoms with Crippen molar-refractivity contribution in [2.24, 2.45) is 0 Å². The van der Waals surface area contributed by atoms with Crippen molar-refractivity contribution in [3.8, 4) is 0 Å². The highest BCUT2D eigenvalue weighted by molar-refractivity contribution is 8.68. The zero-order chi connectivity index (χ0) is 8.04. The number of rotatable bonds is 5. The minimum absolute atomic E-state index is 0.633. The highest BCUT2D eigenvalue weighted by atomic mass is 32.9. The van der Waals surface area contributed by atoms with Crippen LogP contribution in [-0.2, 0) is 16.3 Å². The van der Waals surface area contributed by atoms with Gasteiger partial charge in [-0.15, -0.1) is 0 Å². The molecule has 0 rings (SSSR count). The molecule has 1 unspecified atom stereocenters. The van der Waals surface area contributed by atoms with E-state index in [0.717, 1.165) is 0 Å². The molecule has 10 heavy (non-hydrogen) atoms. The Balaban J connectivity index is 3.94. The maximum absolute atomic E-state index is 5.30. The van der Waals surface area contributed by atoms with E-state index < -0.39 is 5.62 Å². The van der Waals surface area contributed by atoms with E-state index in [9.17, 15) is 0 Å². The van der Waals surface area contributed by atoms with Gasteiger partial charge in [0.1, 0.15) is 0 Å². The molecule has 0 spiro atoms. The maximum Gasteiger partial charge on any atom is 0.210 e. The molecule has 0 aliphatic carbocycles. The second-order valence-electron chi connectivity index (χ2n) is 1.34. The van der Waals surface area contributed by atoms with Gasteiger partial charge in [-0.3, -0.25) is 0 Å². The molecule has 1 atom stereocenters. The van der Waals surface area contributed by atoms with Crippen LogP contribution in [0, 0.1) is 0 Å². The molecule has 0 aliphatic rings.